The van der Waals surface area contributed by atoms with Crippen LogP contribution in [0.4, 0.5) is 0 Å². The molecule has 4 heteroatoms. The highest BCUT2D eigenvalue weighted by molar-refractivity contribution is 5.26. The summed E-state index contributed by atoms with van der Waals surface area (Å²) in [7, 11) is 1.67. The predicted molar refractivity (Wildman–Crippen MR) is 90.6 cm³/mol. The Morgan fingerprint density at radius 2 is 2.09 bits per heavy atom. The number of aliphatic hydroxyl groups excluding tert-OH is 1. The van der Waals surface area contributed by atoms with Gasteiger partial charge in [-0.05, 0) is 36.5 Å². The van der Waals surface area contributed by atoms with Crippen LogP contribution in [0.5, 0.6) is 5.75 Å². The number of methoxy groups -OCH3 is 1. The fourth-order valence-corrected chi connectivity index (χ4v) is 2.79. The molecule has 4 nitrogen and oxygen atoms in total. The van der Waals surface area contributed by atoms with Gasteiger partial charge in [-0.15, -0.1) is 0 Å². The largest absolute Gasteiger partial charge is 0.497 e. The molecule has 0 amide bonds. The Kier molecular flexibility index (Phi) is 7.59. The van der Waals surface area contributed by atoms with Crippen LogP contribution in [0.2, 0.25) is 0 Å². The van der Waals surface area contributed by atoms with E-state index in [1.807, 2.05) is 24.3 Å². The van der Waals surface area contributed by atoms with Gasteiger partial charge in [-0.2, -0.15) is 0 Å². The van der Waals surface area contributed by atoms with Crippen LogP contribution >= 0.6 is 0 Å². The molecule has 128 valence electrons. The zero-order valence-electron chi connectivity index (χ0n) is 14.1. The summed E-state index contributed by atoms with van der Waals surface area (Å²) in [4.78, 5) is 0. The quantitative estimate of drug-likeness (QED) is 0.709. The highest BCUT2D eigenvalue weighted by Gasteiger charge is 2.20. The maximum absolute atomic E-state index is 9.00. The molecule has 1 aliphatic heterocycles. The Morgan fingerprint density at radius 1 is 1.30 bits per heavy atom. The summed E-state index contributed by atoms with van der Waals surface area (Å²) in [5, 5.41) is 9.00. The lowest BCUT2D eigenvalue weighted by Gasteiger charge is -2.27. The summed E-state index contributed by atoms with van der Waals surface area (Å²) in [5.74, 6) is 1.31. The average Bonchev–Trinajstić information content (AvgIpc) is 2.56. The average molecular weight is 320 g/mol. The first-order valence-electron chi connectivity index (χ1n) is 8.35. The Balaban J connectivity index is 1.66. The number of hydrogen-bond acceptors (Lipinski definition) is 4. The molecule has 3 atom stereocenters. The fourth-order valence-electron chi connectivity index (χ4n) is 2.79. The van der Waals surface area contributed by atoms with E-state index in [4.69, 9.17) is 19.3 Å². The van der Waals surface area contributed by atoms with Gasteiger partial charge in [-0.25, -0.2) is 0 Å². The third-order valence-corrected chi connectivity index (χ3v) is 4.03. The van der Waals surface area contributed by atoms with Gasteiger partial charge in [0.15, 0.2) is 0 Å². The predicted octanol–water partition coefficient (Wildman–Crippen LogP) is 3.33. The van der Waals surface area contributed by atoms with E-state index in [-0.39, 0.29) is 18.8 Å². The van der Waals surface area contributed by atoms with E-state index < -0.39 is 0 Å². The van der Waals surface area contributed by atoms with Gasteiger partial charge in [0.05, 0.1) is 25.9 Å². The Morgan fingerprint density at radius 3 is 2.78 bits per heavy atom. The van der Waals surface area contributed by atoms with Crippen molar-refractivity contribution in [3.8, 4) is 5.75 Å². The second-order valence-electron chi connectivity index (χ2n) is 6.18. The molecule has 0 fully saturated rings. The third-order valence-electron chi connectivity index (χ3n) is 4.03. The number of hydrogen-bond donors (Lipinski definition) is 1. The summed E-state index contributed by atoms with van der Waals surface area (Å²) in [6.07, 6.45) is 7.12. The highest BCUT2D eigenvalue weighted by Crippen LogP contribution is 2.21. The molecular weight excluding hydrogens is 292 g/mol. The molecule has 23 heavy (non-hydrogen) atoms. The van der Waals surface area contributed by atoms with E-state index >= 15 is 0 Å². The van der Waals surface area contributed by atoms with E-state index in [1.165, 1.54) is 0 Å². The topological polar surface area (TPSA) is 47.9 Å². The van der Waals surface area contributed by atoms with Gasteiger partial charge >= 0.3 is 0 Å². The molecule has 0 saturated heterocycles. The van der Waals surface area contributed by atoms with Crippen LogP contribution in [0.15, 0.2) is 36.4 Å². The van der Waals surface area contributed by atoms with Crippen LogP contribution in [0.1, 0.15) is 31.7 Å². The third kappa shape index (κ3) is 6.34. The van der Waals surface area contributed by atoms with Gasteiger partial charge < -0.3 is 19.3 Å². The van der Waals surface area contributed by atoms with Gasteiger partial charge in [0, 0.05) is 19.6 Å². The van der Waals surface area contributed by atoms with Crippen LogP contribution in [0.3, 0.4) is 0 Å². The summed E-state index contributed by atoms with van der Waals surface area (Å²) in [5.41, 5.74) is 1.15. The molecule has 0 spiro atoms. The van der Waals surface area contributed by atoms with Crippen molar-refractivity contribution in [3.63, 3.8) is 0 Å². The van der Waals surface area contributed by atoms with Crippen molar-refractivity contribution in [2.45, 2.75) is 45.0 Å². The maximum atomic E-state index is 9.00. The van der Waals surface area contributed by atoms with Crippen molar-refractivity contribution in [1.82, 2.24) is 0 Å². The SMILES string of the molecule is COc1ccc(COC[C@@H](C)C[C@@H]2CC=C[C@@H](CCO)O2)cc1. The number of benzene rings is 1. The first kappa shape index (κ1) is 18.0. The smallest absolute Gasteiger partial charge is 0.118 e. The van der Waals surface area contributed by atoms with E-state index in [1.54, 1.807) is 7.11 Å². The monoisotopic (exact) mass is 320 g/mol. The minimum absolute atomic E-state index is 0.0613. The number of aliphatic hydroxyl groups is 1. The lowest BCUT2D eigenvalue weighted by molar-refractivity contribution is -0.0240. The lowest BCUT2D eigenvalue weighted by atomic mass is 9.99. The highest BCUT2D eigenvalue weighted by atomic mass is 16.5. The van der Waals surface area contributed by atoms with Crippen molar-refractivity contribution in [1.29, 1.82) is 0 Å². The Labute approximate surface area is 139 Å². The zero-order chi connectivity index (χ0) is 16.5. The van der Waals surface area contributed by atoms with Gasteiger partial charge in [-0.3, -0.25) is 0 Å². The van der Waals surface area contributed by atoms with E-state index in [0.717, 1.165) is 30.8 Å². The van der Waals surface area contributed by atoms with Crippen LogP contribution in [-0.2, 0) is 16.1 Å². The van der Waals surface area contributed by atoms with Crippen molar-refractivity contribution in [2.24, 2.45) is 5.92 Å². The van der Waals surface area contributed by atoms with Gasteiger partial charge in [0.2, 0.25) is 0 Å². The minimum Gasteiger partial charge on any atom is -0.497 e. The molecule has 0 aliphatic carbocycles. The molecule has 0 unspecified atom stereocenters. The van der Waals surface area contributed by atoms with E-state index in [9.17, 15) is 0 Å². The Bertz CT molecular complexity index is 469. The molecule has 1 aliphatic rings. The Hall–Kier alpha value is -1.36. The van der Waals surface area contributed by atoms with Crippen LogP contribution in [-0.4, -0.2) is 37.6 Å². The maximum Gasteiger partial charge on any atom is 0.118 e. The first-order valence-corrected chi connectivity index (χ1v) is 8.35. The zero-order valence-corrected chi connectivity index (χ0v) is 14.1. The van der Waals surface area contributed by atoms with Gasteiger partial charge in [0.25, 0.3) is 0 Å². The molecule has 0 bridgehead atoms. The van der Waals surface area contributed by atoms with Crippen molar-refractivity contribution in [3.05, 3.63) is 42.0 Å². The van der Waals surface area contributed by atoms with E-state index in [2.05, 4.69) is 19.1 Å². The standard InChI is InChI=1S/C19H28O4/c1-15(12-19-5-3-4-18(23-19)10-11-20)13-22-14-16-6-8-17(21-2)9-7-16/h3-4,6-9,15,18-20H,5,10-14H2,1-2H3/t15-,18-,19-/m0/s1. The van der Waals surface area contributed by atoms with Crippen molar-refractivity contribution in [2.75, 3.05) is 20.3 Å². The van der Waals surface area contributed by atoms with Crippen LogP contribution in [0.25, 0.3) is 0 Å². The van der Waals surface area contributed by atoms with Crippen LogP contribution < -0.4 is 4.74 Å². The van der Waals surface area contributed by atoms with Gasteiger partial charge in [0.1, 0.15) is 5.75 Å². The number of rotatable bonds is 9. The second kappa shape index (κ2) is 9.71. The van der Waals surface area contributed by atoms with E-state index in [0.29, 0.717) is 18.9 Å². The summed E-state index contributed by atoms with van der Waals surface area (Å²) in [6.45, 7) is 3.70. The molecule has 0 aromatic heterocycles. The fraction of sp³-hybridized carbons (Fsp3) is 0.579. The van der Waals surface area contributed by atoms with Crippen molar-refractivity contribution >= 4 is 0 Å². The molecule has 0 saturated carbocycles. The molecule has 1 heterocycles. The van der Waals surface area contributed by atoms with Crippen molar-refractivity contribution < 1.29 is 19.3 Å². The van der Waals surface area contributed by atoms with Crippen LogP contribution in [0, 0.1) is 5.92 Å². The first-order chi connectivity index (χ1) is 11.2. The molecule has 2 rings (SSSR count). The molecule has 0 radical (unpaired) electrons. The number of ether oxygens (including phenoxy) is 3. The summed E-state index contributed by atoms with van der Waals surface area (Å²) >= 11 is 0. The molecule has 1 aromatic carbocycles. The van der Waals surface area contributed by atoms with Gasteiger partial charge in [-0.1, -0.05) is 31.2 Å². The molecule has 1 aromatic rings. The minimum atomic E-state index is 0.0613. The molecular formula is C19H28O4. The summed E-state index contributed by atoms with van der Waals surface area (Å²) < 4.78 is 16.9. The summed E-state index contributed by atoms with van der Waals surface area (Å²) in [6, 6.07) is 7.95. The lowest BCUT2D eigenvalue weighted by Crippen LogP contribution is -2.27. The normalized spacial score (nSPS) is 22.0. The molecule has 1 N–H and O–H groups in total. The second-order valence-corrected chi connectivity index (χ2v) is 6.18.